The summed E-state index contributed by atoms with van der Waals surface area (Å²) in [6, 6.07) is 0. The van der Waals surface area contributed by atoms with Crippen molar-refractivity contribution in [2.75, 3.05) is 0 Å². The minimum atomic E-state index is -1.72. The summed E-state index contributed by atoms with van der Waals surface area (Å²) in [5.41, 5.74) is 1.44. The van der Waals surface area contributed by atoms with Crippen molar-refractivity contribution in [3.63, 3.8) is 0 Å². The maximum absolute atomic E-state index is 12.2. The van der Waals surface area contributed by atoms with E-state index in [1.165, 1.54) is 12.0 Å². The monoisotopic (exact) mass is 306 g/mol. The van der Waals surface area contributed by atoms with Crippen LogP contribution in [-0.4, -0.2) is 20.2 Å². The zero-order chi connectivity index (χ0) is 15.4. The van der Waals surface area contributed by atoms with Gasteiger partial charge in [0.1, 0.15) is 0 Å². The Hall–Kier alpha value is -0.413. The predicted octanol–water partition coefficient (Wildman–Crippen LogP) is 4.71. The van der Waals surface area contributed by atoms with Gasteiger partial charge in [0, 0.05) is 12.0 Å². The Bertz CT molecular complexity index is 472. The lowest BCUT2D eigenvalue weighted by Gasteiger charge is -2.41. The van der Waals surface area contributed by atoms with Gasteiger partial charge in [0.25, 0.3) is 0 Å². The van der Waals surface area contributed by atoms with E-state index in [0.29, 0.717) is 23.7 Å². The first-order chi connectivity index (χ1) is 9.69. The molecule has 118 valence electrons. The zero-order valence-electron chi connectivity index (χ0n) is 14.2. The third-order valence-electron chi connectivity index (χ3n) is 6.56. The number of rotatable bonds is 2. The van der Waals surface area contributed by atoms with Crippen LogP contribution in [0.1, 0.15) is 52.9 Å². The van der Waals surface area contributed by atoms with Crippen molar-refractivity contribution in [2.24, 2.45) is 17.8 Å². The lowest BCUT2D eigenvalue weighted by atomic mass is 9.79. The summed E-state index contributed by atoms with van der Waals surface area (Å²) in [4.78, 5) is 12.2. The maximum atomic E-state index is 12.2. The Morgan fingerprint density at radius 3 is 2.57 bits per heavy atom. The van der Waals surface area contributed by atoms with E-state index < -0.39 is 8.32 Å². The largest absolute Gasteiger partial charge is 0.414 e. The lowest BCUT2D eigenvalue weighted by molar-refractivity contribution is -0.119. The van der Waals surface area contributed by atoms with Crippen molar-refractivity contribution >= 4 is 14.1 Å². The molecule has 0 amide bonds. The number of allylic oxidation sites excluding steroid dienone is 2. The minimum Gasteiger partial charge on any atom is -0.414 e. The van der Waals surface area contributed by atoms with Gasteiger partial charge < -0.3 is 4.43 Å². The molecule has 0 aromatic rings. The van der Waals surface area contributed by atoms with Gasteiger partial charge in [-0.05, 0) is 68.1 Å². The van der Waals surface area contributed by atoms with E-state index in [0.717, 1.165) is 25.7 Å². The van der Waals surface area contributed by atoms with Gasteiger partial charge in [-0.15, -0.1) is 0 Å². The highest BCUT2D eigenvalue weighted by Gasteiger charge is 2.48. The molecule has 3 heteroatoms. The normalized spacial score (nSPS) is 36.4. The molecule has 2 nitrogen and oxygen atoms in total. The second kappa shape index (κ2) is 5.06. The molecular formula is C18H30O2Si. The van der Waals surface area contributed by atoms with Crippen LogP contribution in [0, 0.1) is 17.8 Å². The van der Waals surface area contributed by atoms with E-state index >= 15 is 0 Å². The van der Waals surface area contributed by atoms with E-state index in [2.05, 4.69) is 33.9 Å². The summed E-state index contributed by atoms with van der Waals surface area (Å²) < 4.78 is 6.80. The van der Waals surface area contributed by atoms with Gasteiger partial charge in [-0.1, -0.05) is 26.3 Å². The average molecular weight is 307 g/mol. The van der Waals surface area contributed by atoms with Crippen LogP contribution in [0.4, 0.5) is 0 Å². The molecule has 3 rings (SSSR count). The van der Waals surface area contributed by atoms with Gasteiger partial charge in [0.15, 0.2) is 14.1 Å². The number of fused-ring (bicyclic) bond motifs is 1. The first-order valence-electron chi connectivity index (χ1n) is 8.61. The Morgan fingerprint density at radius 1 is 1.19 bits per heavy atom. The fourth-order valence-electron chi connectivity index (χ4n) is 4.21. The molecule has 0 unspecified atom stereocenters. The fraction of sp³-hybridized carbons (Fsp3) is 0.833. The smallest absolute Gasteiger partial charge is 0.192 e. The number of hydrogen-bond acceptors (Lipinski definition) is 2. The summed E-state index contributed by atoms with van der Waals surface area (Å²) in [5.74, 6) is 2.00. The Morgan fingerprint density at radius 2 is 1.90 bits per heavy atom. The summed E-state index contributed by atoms with van der Waals surface area (Å²) in [6.45, 7) is 11.7. The molecule has 3 aliphatic rings. The van der Waals surface area contributed by atoms with E-state index in [9.17, 15) is 4.79 Å². The van der Waals surface area contributed by atoms with Crippen LogP contribution in [0.2, 0.25) is 18.1 Å². The van der Waals surface area contributed by atoms with E-state index in [1.807, 2.05) is 6.08 Å². The van der Waals surface area contributed by atoms with Crippen LogP contribution < -0.4 is 0 Å². The highest BCUT2D eigenvalue weighted by Crippen LogP contribution is 2.51. The summed E-state index contributed by atoms with van der Waals surface area (Å²) in [5, 5.41) is 0.265. The molecule has 0 aliphatic heterocycles. The average Bonchev–Trinajstić information content (AvgIpc) is 2.68. The molecule has 3 aliphatic carbocycles. The second-order valence-electron chi connectivity index (χ2n) is 8.86. The van der Waals surface area contributed by atoms with Crippen molar-refractivity contribution in [1.82, 2.24) is 0 Å². The van der Waals surface area contributed by atoms with Crippen LogP contribution in [0.25, 0.3) is 0 Å². The van der Waals surface area contributed by atoms with Gasteiger partial charge in [0.2, 0.25) is 0 Å². The number of carbonyl (C=O) groups excluding carboxylic acids is 1. The van der Waals surface area contributed by atoms with E-state index in [4.69, 9.17) is 4.43 Å². The Balaban J connectivity index is 1.83. The Kier molecular flexibility index (Phi) is 3.73. The molecule has 0 N–H and O–H groups in total. The first-order valence-corrected chi connectivity index (χ1v) is 11.5. The molecular weight excluding hydrogens is 276 g/mol. The van der Waals surface area contributed by atoms with Crippen LogP contribution >= 0.6 is 0 Å². The molecule has 0 radical (unpaired) electrons. The second-order valence-corrected chi connectivity index (χ2v) is 13.6. The van der Waals surface area contributed by atoms with Gasteiger partial charge in [-0.25, -0.2) is 0 Å². The van der Waals surface area contributed by atoms with Gasteiger partial charge in [-0.2, -0.15) is 0 Å². The van der Waals surface area contributed by atoms with Gasteiger partial charge >= 0.3 is 0 Å². The third kappa shape index (κ3) is 2.68. The predicted molar refractivity (Wildman–Crippen MR) is 88.7 cm³/mol. The molecule has 2 fully saturated rings. The highest BCUT2D eigenvalue weighted by molar-refractivity contribution is 6.74. The molecule has 2 bridgehead atoms. The van der Waals surface area contributed by atoms with Gasteiger partial charge in [-0.3, -0.25) is 4.79 Å². The molecule has 0 saturated heterocycles. The minimum absolute atomic E-state index is 0.265. The number of carbonyl (C=O) groups is 1. The number of hydrogen-bond donors (Lipinski definition) is 0. The third-order valence-corrected chi connectivity index (χ3v) is 11.1. The standard InChI is InChI=1S/C18H30O2Si/c1-18(2,3)21(4,5)20-17-9-7-13-10-15-12(11-16(13)19)6-8-14(15)17/h11,13-15,17H,6-10H2,1-5H3/t13-,14-,15+,17-/m1/s1. The molecule has 0 heterocycles. The first kappa shape index (κ1) is 15.5. The molecule has 0 aromatic heterocycles. The van der Waals surface area contributed by atoms with Crippen LogP contribution in [-0.2, 0) is 9.22 Å². The molecule has 0 spiro atoms. The number of ketones is 1. The highest BCUT2D eigenvalue weighted by atomic mass is 28.4. The molecule has 21 heavy (non-hydrogen) atoms. The van der Waals surface area contributed by atoms with Crippen molar-refractivity contribution in [2.45, 2.75) is 77.1 Å². The lowest BCUT2D eigenvalue weighted by Crippen LogP contribution is -2.46. The van der Waals surface area contributed by atoms with Crippen LogP contribution in [0.15, 0.2) is 11.6 Å². The van der Waals surface area contributed by atoms with E-state index in [1.54, 1.807) is 0 Å². The van der Waals surface area contributed by atoms with Crippen LogP contribution in [0.3, 0.4) is 0 Å². The van der Waals surface area contributed by atoms with Crippen LogP contribution in [0.5, 0.6) is 0 Å². The van der Waals surface area contributed by atoms with Gasteiger partial charge in [0.05, 0.1) is 0 Å². The van der Waals surface area contributed by atoms with Crippen molar-refractivity contribution in [1.29, 1.82) is 0 Å². The molecule has 4 atom stereocenters. The fourth-order valence-corrected chi connectivity index (χ4v) is 5.61. The summed E-state index contributed by atoms with van der Waals surface area (Å²) >= 11 is 0. The topological polar surface area (TPSA) is 26.3 Å². The zero-order valence-corrected chi connectivity index (χ0v) is 15.2. The summed E-state index contributed by atoms with van der Waals surface area (Å²) in [6.07, 6.45) is 7.97. The SMILES string of the molecule is CC(C)(C)[Si](C)(C)O[C@@H]1CC[C@@H]2C[C@H]3C(=CC2=O)CC[C@@H]13. The van der Waals surface area contributed by atoms with Crippen molar-refractivity contribution < 1.29 is 9.22 Å². The maximum Gasteiger partial charge on any atom is 0.192 e. The van der Waals surface area contributed by atoms with Crippen molar-refractivity contribution in [3.05, 3.63) is 11.6 Å². The van der Waals surface area contributed by atoms with Crippen molar-refractivity contribution in [3.8, 4) is 0 Å². The van der Waals surface area contributed by atoms with E-state index in [-0.39, 0.29) is 11.0 Å². The molecule has 0 aromatic carbocycles. The summed E-state index contributed by atoms with van der Waals surface area (Å²) in [7, 11) is -1.72. The molecule has 2 saturated carbocycles. The quantitative estimate of drug-likeness (QED) is 0.690. The Labute approximate surface area is 130 Å².